The van der Waals surface area contributed by atoms with Gasteiger partial charge in [-0.25, -0.2) is 0 Å². The van der Waals surface area contributed by atoms with E-state index < -0.39 is 0 Å². The highest BCUT2D eigenvalue weighted by Crippen LogP contribution is 2.33. The fraction of sp³-hybridized carbons (Fsp3) is 0.696. The molecule has 0 radical (unpaired) electrons. The average Bonchev–Trinajstić information content (AvgIpc) is 2.67. The van der Waals surface area contributed by atoms with Crippen LogP contribution < -0.4 is 9.47 Å². The minimum absolute atomic E-state index is 0.0615. The van der Waals surface area contributed by atoms with Gasteiger partial charge in [0.15, 0.2) is 0 Å². The molecule has 0 heterocycles. The largest absolute Gasteiger partial charge is 0.494 e. The standard InChI is InChI=1S/C23H36O3/c1-3-5-7-9-19-10-12-20(13-11-19)23(24)26-22-16-14-21(15-17-22)25-18-8-6-4-2/h14-17,19-20H,3-13,18H2,1-2H3/t19-,20-. The van der Waals surface area contributed by atoms with E-state index in [2.05, 4.69) is 13.8 Å². The number of hydrogen-bond acceptors (Lipinski definition) is 3. The summed E-state index contributed by atoms with van der Waals surface area (Å²) in [5, 5.41) is 0. The number of hydrogen-bond donors (Lipinski definition) is 0. The van der Waals surface area contributed by atoms with Crippen molar-refractivity contribution in [1.82, 2.24) is 0 Å². The van der Waals surface area contributed by atoms with Crippen molar-refractivity contribution >= 4 is 5.97 Å². The third-order valence-electron chi connectivity index (χ3n) is 5.45. The third kappa shape index (κ3) is 7.39. The van der Waals surface area contributed by atoms with Gasteiger partial charge in [0.25, 0.3) is 0 Å². The zero-order chi connectivity index (χ0) is 18.6. The Morgan fingerprint density at radius 3 is 2.15 bits per heavy atom. The van der Waals surface area contributed by atoms with Gasteiger partial charge in [0.05, 0.1) is 12.5 Å². The first kappa shape index (κ1) is 20.8. The predicted octanol–water partition coefficient (Wildman–Crippen LogP) is 6.55. The Morgan fingerprint density at radius 1 is 0.885 bits per heavy atom. The van der Waals surface area contributed by atoms with Gasteiger partial charge >= 0.3 is 5.97 Å². The topological polar surface area (TPSA) is 35.5 Å². The maximum Gasteiger partial charge on any atom is 0.314 e. The summed E-state index contributed by atoms with van der Waals surface area (Å²) < 4.78 is 11.3. The highest BCUT2D eigenvalue weighted by molar-refractivity contribution is 5.75. The molecule has 0 saturated heterocycles. The Morgan fingerprint density at radius 2 is 1.50 bits per heavy atom. The van der Waals surface area contributed by atoms with Crippen LogP contribution in [0.2, 0.25) is 0 Å². The number of benzene rings is 1. The molecule has 0 amide bonds. The second kappa shape index (κ2) is 12.0. The summed E-state index contributed by atoms with van der Waals surface area (Å²) in [5.41, 5.74) is 0. The van der Waals surface area contributed by atoms with Crippen LogP contribution in [0.3, 0.4) is 0 Å². The molecule has 1 aromatic rings. The van der Waals surface area contributed by atoms with Crippen LogP contribution in [0.25, 0.3) is 0 Å². The van der Waals surface area contributed by atoms with Gasteiger partial charge in [0.2, 0.25) is 0 Å². The molecule has 1 fully saturated rings. The fourth-order valence-corrected chi connectivity index (χ4v) is 3.72. The van der Waals surface area contributed by atoms with Gasteiger partial charge in [-0.1, -0.05) is 52.4 Å². The van der Waals surface area contributed by atoms with Crippen LogP contribution >= 0.6 is 0 Å². The molecule has 3 heteroatoms. The van der Waals surface area contributed by atoms with Crippen molar-refractivity contribution < 1.29 is 14.3 Å². The predicted molar refractivity (Wildman–Crippen MR) is 107 cm³/mol. The van der Waals surface area contributed by atoms with E-state index in [1.807, 2.05) is 24.3 Å². The highest BCUT2D eigenvalue weighted by atomic mass is 16.5. The molecular weight excluding hydrogens is 324 g/mol. The quantitative estimate of drug-likeness (QED) is 0.255. The van der Waals surface area contributed by atoms with E-state index in [9.17, 15) is 4.79 Å². The van der Waals surface area contributed by atoms with Crippen molar-refractivity contribution in [1.29, 1.82) is 0 Å². The number of esters is 1. The van der Waals surface area contributed by atoms with Crippen LogP contribution in [0.4, 0.5) is 0 Å². The molecule has 0 unspecified atom stereocenters. The summed E-state index contributed by atoms with van der Waals surface area (Å²) >= 11 is 0. The number of unbranched alkanes of at least 4 members (excludes halogenated alkanes) is 4. The van der Waals surface area contributed by atoms with E-state index in [0.29, 0.717) is 5.75 Å². The number of ether oxygens (including phenoxy) is 2. The number of carbonyl (C=O) groups is 1. The zero-order valence-electron chi connectivity index (χ0n) is 16.7. The van der Waals surface area contributed by atoms with Gasteiger partial charge in [-0.05, 0) is 62.3 Å². The van der Waals surface area contributed by atoms with Crippen molar-refractivity contribution in [2.24, 2.45) is 11.8 Å². The van der Waals surface area contributed by atoms with Crippen LogP contribution in [0.15, 0.2) is 24.3 Å². The summed E-state index contributed by atoms with van der Waals surface area (Å²) in [7, 11) is 0. The van der Waals surface area contributed by atoms with Gasteiger partial charge in [0, 0.05) is 0 Å². The first-order valence-corrected chi connectivity index (χ1v) is 10.7. The molecule has 1 aromatic carbocycles. The Kier molecular flexibility index (Phi) is 9.58. The minimum atomic E-state index is -0.0615. The molecule has 1 aliphatic rings. The highest BCUT2D eigenvalue weighted by Gasteiger charge is 2.27. The smallest absolute Gasteiger partial charge is 0.314 e. The van der Waals surface area contributed by atoms with Gasteiger partial charge in [-0.15, -0.1) is 0 Å². The van der Waals surface area contributed by atoms with Gasteiger partial charge in [-0.2, -0.15) is 0 Å². The Hall–Kier alpha value is -1.51. The van der Waals surface area contributed by atoms with Crippen molar-refractivity contribution in [3.8, 4) is 11.5 Å². The number of carbonyl (C=O) groups excluding carboxylic acids is 1. The van der Waals surface area contributed by atoms with Gasteiger partial charge in [0.1, 0.15) is 11.5 Å². The lowest BCUT2D eigenvalue weighted by molar-refractivity contribution is -0.140. The summed E-state index contributed by atoms with van der Waals surface area (Å²) in [5.74, 6) is 2.29. The van der Waals surface area contributed by atoms with E-state index in [1.165, 1.54) is 51.4 Å². The Bertz CT molecular complexity index is 501. The lowest BCUT2D eigenvalue weighted by Crippen LogP contribution is -2.25. The maximum atomic E-state index is 12.4. The normalized spacial score (nSPS) is 19.9. The Labute approximate surface area is 159 Å². The first-order chi connectivity index (χ1) is 12.7. The molecule has 26 heavy (non-hydrogen) atoms. The molecule has 146 valence electrons. The number of rotatable bonds is 11. The van der Waals surface area contributed by atoms with E-state index in [0.717, 1.165) is 37.5 Å². The molecule has 1 saturated carbocycles. The molecule has 0 spiro atoms. The third-order valence-corrected chi connectivity index (χ3v) is 5.45. The second-order valence-corrected chi connectivity index (χ2v) is 7.66. The van der Waals surface area contributed by atoms with Crippen molar-refractivity contribution in [2.45, 2.75) is 84.5 Å². The van der Waals surface area contributed by atoms with Crippen molar-refractivity contribution in [2.75, 3.05) is 6.61 Å². The zero-order valence-corrected chi connectivity index (χ0v) is 16.7. The lowest BCUT2D eigenvalue weighted by Gasteiger charge is -2.27. The second-order valence-electron chi connectivity index (χ2n) is 7.66. The molecule has 0 N–H and O–H groups in total. The monoisotopic (exact) mass is 360 g/mol. The van der Waals surface area contributed by atoms with E-state index >= 15 is 0 Å². The first-order valence-electron chi connectivity index (χ1n) is 10.7. The summed E-state index contributed by atoms with van der Waals surface area (Å²) in [6.45, 7) is 5.18. The molecule has 0 aromatic heterocycles. The molecular formula is C23H36O3. The molecule has 0 atom stereocenters. The molecule has 0 bridgehead atoms. The van der Waals surface area contributed by atoms with Crippen LogP contribution in [0.5, 0.6) is 11.5 Å². The average molecular weight is 361 g/mol. The van der Waals surface area contributed by atoms with E-state index in [4.69, 9.17) is 9.47 Å². The fourth-order valence-electron chi connectivity index (χ4n) is 3.72. The molecule has 3 nitrogen and oxygen atoms in total. The molecule has 0 aliphatic heterocycles. The van der Waals surface area contributed by atoms with Crippen LogP contribution in [0, 0.1) is 11.8 Å². The Balaban J connectivity index is 1.69. The maximum absolute atomic E-state index is 12.4. The van der Waals surface area contributed by atoms with Crippen LogP contribution in [-0.4, -0.2) is 12.6 Å². The van der Waals surface area contributed by atoms with Crippen LogP contribution in [0.1, 0.15) is 84.5 Å². The van der Waals surface area contributed by atoms with Crippen molar-refractivity contribution in [3.05, 3.63) is 24.3 Å². The SMILES string of the molecule is CCCCCOc1ccc(OC(=O)[C@H]2CC[C@H](CCCCC)CC2)cc1. The van der Waals surface area contributed by atoms with E-state index in [1.54, 1.807) is 0 Å². The molecule has 1 aliphatic carbocycles. The summed E-state index contributed by atoms with van der Waals surface area (Å²) in [4.78, 5) is 12.4. The van der Waals surface area contributed by atoms with Crippen LogP contribution in [-0.2, 0) is 4.79 Å². The summed E-state index contributed by atoms with van der Waals surface area (Å²) in [6, 6.07) is 7.45. The molecule has 2 rings (SSSR count). The van der Waals surface area contributed by atoms with Crippen molar-refractivity contribution in [3.63, 3.8) is 0 Å². The minimum Gasteiger partial charge on any atom is -0.494 e. The lowest BCUT2D eigenvalue weighted by atomic mass is 9.80. The van der Waals surface area contributed by atoms with E-state index in [-0.39, 0.29) is 11.9 Å². The summed E-state index contributed by atoms with van der Waals surface area (Å²) in [6.07, 6.45) is 13.1. The van der Waals surface area contributed by atoms with Gasteiger partial charge < -0.3 is 9.47 Å². The van der Waals surface area contributed by atoms with Gasteiger partial charge in [-0.3, -0.25) is 4.79 Å².